The summed E-state index contributed by atoms with van der Waals surface area (Å²) in [6, 6.07) is 0.548. The van der Waals surface area contributed by atoms with Crippen LogP contribution in [0, 0.1) is 12.3 Å². The van der Waals surface area contributed by atoms with Gasteiger partial charge < -0.3 is 5.32 Å². The molecule has 1 aromatic heterocycles. The Labute approximate surface area is 99.2 Å². The van der Waals surface area contributed by atoms with Crippen LogP contribution in [0.2, 0.25) is 0 Å². The van der Waals surface area contributed by atoms with Gasteiger partial charge >= 0.3 is 0 Å². The molecule has 3 nitrogen and oxygen atoms in total. The van der Waals surface area contributed by atoms with Gasteiger partial charge in [-0.1, -0.05) is 27.7 Å². The van der Waals surface area contributed by atoms with Crippen molar-refractivity contribution in [3.63, 3.8) is 0 Å². The molecule has 0 spiro atoms. The van der Waals surface area contributed by atoms with Crippen LogP contribution in [0.3, 0.4) is 0 Å². The molecule has 92 valence electrons. The Bertz CT molecular complexity index is 333. The summed E-state index contributed by atoms with van der Waals surface area (Å²) >= 11 is 0. The van der Waals surface area contributed by atoms with Crippen molar-refractivity contribution < 1.29 is 0 Å². The minimum absolute atomic E-state index is 0.310. The number of rotatable bonds is 4. The zero-order valence-electron chi connectivity index (χ0n) is 11.5. The van der Waals surface area contributed by atoms with Crippen molar-refractivity contribution in [2.24, 2.45) is 12.5 Å². The number of aromatic nitrogens is 2. The summed E-state index contributed by atoms with van der Waals surface area (Å²) in [5, 5.41) is 7.89. The van der Waals surface area contributed by atoms with Gasteiger partial charge in [0.1, 0.15) is 0 Å². The first-order valence-corrected chi connectivity index (χ1v) is 6.07. The third-order valence-electron chi connectivity index (χ3n) is 3.33. The van der Waals surface area contributed by atoms with Crippen LogP contribution in [0.5, 0.6) is 0 Å². The van der Waals surface area contributed by atoms with Crippen LogP contribution in [-0.4, -0.2) is 15.8 Å². The summed E-state index contributed by atoms with van der Waals surface area (Å²) in [5.41, 5.74) is 2.85. The molecule has 1 aromatic rings. The molecule has 0 aliphatic carbocycles. The van der Waals surface area contributed by atoms with Gasteiger partial charge in [0.05, 0.1) is 6.20 Å². The highest BCUT2D eigenvalue weighted by atomic mass is 15.3. The molecule has 1 N–H and O–H groups in total. The average molecular weight is 223 g/mol. The number of hydrogen-bond acceptors (Lipinski definition) is 2. The van der Waals surface area contributed by atoms with Crippen molar-refractivity contribution in [3.8, 4) is 0 Å². The topological polar surface area (TPSA) is 29.9 Å². The minimum atomic E-state index is 0.310. The van der Waals surface area contributed by atoms with Gasteiger partial charge in [0.15, 0.2) is 0 Å². The van der Waals surface area contributed by atoms with Gasteiger partial charge in [0.2, 0.25) is 0 Å². The highest BCUT2D eigenvalue weighted by Gasteiger charge is 2.22. The van der Waals surface area contributed by atoms with E-state index in [1.807, 2.05) is 17.9 Å². The maximum atomic E-state index is 4.26. The van der Waals surface area contributed by atoms with E-state index in [9.17, 15) is 0 Å². The predicted octanol–water partition coefficient (Wildman–Crippen LogP) is 2.64. The van der Waals surface area contributed by atoms with Crippen molar-refractivity contribution in [1.29, 1.82) is 0 Å². The molecular weight excluding hydrogens is 198 g/mol. The lowest BCUT2D eigenvalue weighted by Crippen LogP contribution is -2.39. The zero-order valence-corrected chi connectivity index (χ0v) is 11.5. The fourth-order valence-electron chi connectivity index (χ4n) is 2.01. The van der Waals surface area contributed by atoms with Gasteiger partial charge in [0, 0.05) is 30.9 Å². The van der Waals surface area contributed by atoms with E-state index in [1.54, 1.807) is 0 Å². The summed E-state index contributed by atoms with van der Waals surface area (Å²) < 4.78 is 1.93. The molecule has 0 aliphatic rings. The average Bonchev–Trinajstić information content (AvgIpc) is 2.48. The molecule has 1 unspecified atom stereocenters. The monoisotopic (exact) mass is 223 g/mol. The van der Waals surface area contributed by atoms with Gasteiger partial charge in [0.25, 0.3) is 0 Å². The lowest BCUT2D eigenvalue weighted by atomic mass is 9.85. The normalized spacial score (nSPS) is 14.1. The zero-order chi connectivity index (χ0) is 12.3. The van der Waals surface area contributed by atoms with E-state index in [1.165, 1.54) is 11.3 Å². The van der Waals surface area contributed by atoms with E-state index in [4.69, 9.17) is 0 Å². The molecule has 0 fully saturated rings. The maximum absolute atomic E-state index is 4.26. The van der Waals surface area contributed by atoms with Gasteiger partial charge in [-0.25, -0.2) is 0 Å². The molecule has 0 radical (unpaired) electrons. The standard InChI is InChI=1S/C13H25N3/c1-7-12(13(3,4)5)14-8-11-9-15-16(6)10(11)2/h9,12,14H,7-8H2,1-6H3. The van der Waals surface area contributed by atoms with Crippen molar-refractivity contribution in [3.05, 3.63) is 17.5 Å². The van der Waals surface area contributed by atoms with E-state index in [2.05, 4.69) is 45.0 Å². The van der Waals surface area contributed by atoms with Crippen LogP contribution in [0.1, 0.15) is 45.4 Å². The van der Waals surface area contributed by atoms with Crippen LogP contribution in [0.15, 0.2) is 6.20 Å². The number of hydrogen-bond donors (Lipinski definition) is 1. The third kappa shape index (κ3) is 3.08. The van der Waals surface area contributed by atoms with Gasteiger partial charge in [-0.15, -0.1) is 0 Å². The molecule has 0 aliphatic heterocycles. The Morgan fingerprint density at radius 2 is 2.06 bits per heavy atom. The summed E-state index contributed by atoms with van der Waals surface area (Å²) in [6.45, 7) is 12.1. The number of aryl methyl sites for hydroxylation is 1. The predicted molar refractivity (Wildman–Crippen MR) is 68.3 cm³/mol. The maximum Gasteiger partial charge on any atom is 0.0537 e. The number of nitrogens with zero attached hydrogens (tertiary/aromatic N) is 2. The van der Waals surface area contributed by atoms with Crippen molar-refractivity contribution in [2.45, 2.75) is 53.6 Å². The van der Waals surface area contributed by atoms with Gasteiger partial charge in [-0.3, -0.25) is 4.68 Å². The highest BCUT2D eigenvalue weighted by Crippen LogP contribution is 2.22. The smallest absolute Gasteiger partial charge is 0.0537 e. The van der Waals surface area contributed by atoms with Crippen molar-refractivity contribution >= 4 is 0 Å². The summed E-state index contributed by atoms with van der Waals surface area (Å²) in [5.74, 6) is 0. The Kier molecular flexibility index (Phi) is 4.14. The minimum Gasteiger partial charge on any atom is -0.309 e. The molecule has 1 heterocycles. The Balaban J connectivity index is 2.60. The summed E-state index contributed by atoms with van der Waals surface area (Å²) in [7, 11) is 1.99. The molecule has 1 rings (SSSR count). The van der Waals surface area contributed by atoms with Crippen molar-refractivity contribution in [2.75, 3.05) is 0 Å². The number of nitrogens with one attached hydrogen (secondary N) is 1. The molecule has 16 heavy (non-hydrogen) atoms. The molecule has 1 atom stereocenters. The quantitative estimate of drug-likeness (QED) is 0.850. The molecule has 0 bridgehead atoms. The van der Waals surface area contributed by atoms with Crippen LogP contribution in [-0.2, 0) is 13.6 Å². The molecule has 0 saturated carbocycles. The van der Waals surface area contributed by atoms with Gasteiger partial charge in [-0.05, 0) is 18.8 Å². The van der Waals surface area contributed by atoms with Crippen molar-refractivity contribution in [1.82, 2.24) is 15.1 Å². The summed E-state index contributed by atoms with van der Waals surface area (Å²) in [4.78, 5) is 0. The second-order valence-electron chi connectivity index (χ2n) is 5.59. The second-order valence-corrected chi connectivity index (χ2v) is 5.59. The Morgan fingerprint density at radius 1 is 1.44 bits per heavy atom. The summed E-state index contributed by atoms with van der Waals surface area (Å²) in [6.07, 6.45) is 3.11. The fourth-order valence-corrected chi connectivity index (χ4v) is 2.01. The third-order valence-corrected chi connectivity index (χ3v) is 3.33. The Hall–Kier alpha value is -0.830. The first-order chi connectivity index (χ1) is 7.36. The largest absolute Gasteiger partial charge is 0.309 e. The molecule has 0 aromatic carbocycles. The lowest BCUT2D eigenvalue weighted by molar-refractivity contribution is 0.259. The van der Waals surface area contributed by atoms with Crippen LogP contribution < -0.4 is 5.32 Å². The van der Waals surface area contributed by atoms with E-state index < -0.39 is 0 Å². The first-order valence-electron chi connectivity index (χ1n) is 6.07. The van der Waals surface area contributed by atoms with E-state index in [0.29, 0.717) is 11.5 Å². The molecular formula is C13H25N3. The SMILES string of the molecule is CCC(NCc1cnn(C)c1C)C(C)(C)C. The van der Waals surface area contributed by atoms with Crippen LogP contribution >= 0.6 is 0 Å². The molecule has 3 heteroatoms. The van der Waals surface area contributed by atoms with Crippen LogP contribution in [0.25, 0.3) is 0 Å². The second kappa shape index (κ2) is 5.00. The Morgan fingerprint density at radius 3 is 2.44 bits per heavy atom. The van der Waals surface area contributed by atoms with E-state index >= 15 is 0 Å². The van der Waals surface area contributed by atoms with Gasteiger partial charge in [-0.2, -0.15) is 5.10 Å². The molecule has 0 amide bonds. The first kappa shape index (κ1) is 13.2. The van der Waals surface area contributed by atoms with Crippen LogP contribution in [0.4, 0.5) is 0 Å². The van der Waals surface area contributed by atoms with E-state index in [0.717, 1.165) is 13.0 Å². The molecule has 0 saturated heterocycles. The van der Waals surface area contributed by atoms with E-state index in [-0.39, 0.29) is 0 Å². The highest BCUT2D eigenvalue weighted by molar-refractivity contribution is 5.15. The fraction of sp³-hybridized carbons (Fsp3) is 0.769. The lowest BCUT2D eigenvalue weighted by Gasteiger charge is -2.30.